The number of hydrogen-bond acceptors (Lipinski definition) is 3. The highest BCUT2D eigenvalue weighted by Crippen LogP contribution is 2.19. The molecule has 0 unspecified atom stereocenters. The molecule has 2 nitrogen and oxygen atoms in total. The summed E-state index contributed by atoms with van der Waals surface area (Å²) in [6.07, 6.45) is 1.44. The lowest BCUT2D eigenvalue weighted by atomic mass is 10.4. The largest absolute Gasteiger partial charge is 0.411 e. The van der Waals surface area contributed by atoms with E-state index in [1.165, 1.54) is 6.21 Å². The Bertz CT molecular complexity index is 260. The van der Waals surface area contributed by atoms with E-state index in [0.717, 1.165) is 9.92 Å². The van der Waals surface area contributed by atoms with Crippen LogP contribution in [0.1, 0.15) is 0 Å². The number of rotatable bonds is 3. The van der Waals surface area contributed by atoms with E-state index in [9.17, 15) is 0 Å². The van der Waals surface area contributed by atoms with Gasteiger partial charge in [0.15, 0.2) is 0 Å². The SMILES string of the molecule is ON=CCSc1ccc(Cl)cc1. The summed E-state index contributed by atoms with van der Waals surface area (Å²) in [5.41, 5.74) is 0. The lowest BCUT2D eigenvalue weighted by molar-refractivity contribution is 0.321. The fraction of sp³-hybridized carbons (Fsp3) is 0.125. The summed E-state index contributed by atoms with van der Waals surface area (Å²) < 4.78 is 0. The topological polar surface area (TPSA) is 32.6 Å². The standard InChI is InChI=1S/C8H8ClNOS/c9-7-1-3-8(4-2-7)12-6-5-10-11/h1-5,11H,6H2. The Hall–Kier alpha value is -0.670. The Morgan fingerprint density at radius 3 is 2.67 bits per heavy atom. The zero-order chi connectivity index (χ0) is 8.81. The molecule has 1 rings (SSSR count). The number of benzene rings is 1. The van der Waals surface area contributed by atoms with E-state index in [4.69, 9.17) is 16.8 Å². The van der Waals surface area contributed by atoms with Gasteiger partial charge in [-0.15, -0.1) is 16.9 Å². The first-order valence-electron chi connectivity index (χ1n) is 3.37. The molecule has 0 saturated heterocycles. The lowest BCUT2D eigenvalue weighted by Crippen LogP contribution is -1.79. The number of hydrogen-bond donors (Lipinski definition) is 1. The van der Waals surface area contributed by atoms with Crippen molar-refractivity contribution in [1.29, 1.82) is 0 Å². The van der Waals surface area contributed by atoms with Crippen LogP contribution < -0.4 is 0 Å². The number of halogens is 1. The van der Waals surface area contributed by atoms with Crippen LogP contribution in [0, 0.1) is 0 Å². The van der Waals surface area contributed by atoms with E-state index in [0.29, 0.717) is 5.75 Å². The predicted octanol–water partition coefficient (Wildman–Crippen LogP) is 2.89. The Morgan fingerprint density at radius 2 is 2.08 bits per heavy atom. The van der Waals surface area contributed by atoms with Crippen LogP contribution in [0.15, 0.2) is 34.3 Å². The van der Waals surface area contributed by atoms with Gasteiger partial charge in [0.1, 0.15) is 0 Å². The molecule has 0 bridgehead atoms. The van der Waals surface area contributed by atoms with Gasteiger partial charge in [0.2, 0.25) is 0 Å². The van der Waals surface area contributed by atoms with Gasteiger partial charge in [-0.1, -0.05) is 11.6 Å². The van der Waals surface area contributed by atoms with E-state index in [1.807, 2.05) is 24.3 Å². The van der Waals surface area contributed by atoms with Crippen molar-refractivity contribution in [1.82, 2.24) is 0 Å². The van der Waals surface area contributed by atoms with Crippen LogP contribution in [-0.2, 0) is 0 Å². The molecule has 12 heavy (non-hydrogen) atoms. The molecule has 0 spiro atoms. The van der Waals surface area contributed by atoms with Crippen molar-refractivity contribution in [2.24, 2.45) is 5.16 Å². The molecule has 0 aromatic heterocycles. The minimum absolute atomic E-state index is 0.665. The van der Waals surface area contributed by atoms with Crippen LogP contribution in [0.5, 0.6) is 0 Å². The summed E-state index contributed by atoms with van der Waals surface area (Å²) in [6.45, 7) is 0. The summed E-state index contributed by atoms with van der Waals surface area (Å²) in [6, 6.07) is 7.52. The Labute approximate surface area is 80.2 Å². The summed E-state index contributed by atoms with van der Waals surface area (Å²) >= 11 is 7.28. The van der Waals surface area contributed by atoms with Gasteiger partial charge in [-0.3, -0.25) is 0 Å². The minimum Gasteiger partial charge on any atom is -0.411 e. The fourth-order valence-electron chi connectivity index (χ4n) is 0.698. The zero-order valence-electron chi connectivity index (χ0n) is 6.27. The van der Waals surface area contributed by atoms with Crippen LogP contribution in [0.25, 0.3) is 0 Å². The monoisotopic (exact) mass is 201 g/mol. The third-order valence-corrected chi connectivity index (χ3v) is 2.39. The van der Waals surface area contributed by atoms with Crippen molar-refractivity contribution < 1.29 is 5.21 Å². The maximum atomic E-state index is 8.12. The molecule has 0 radical (unpaired) electrons. The van der Waals surface area contributed by atoms with E-state index in [1.54, 1.807) is 11.8 Å². The molecule has 0 aliphatic carbocycles. The highest BCUT2D eigenvalue weighted by molar-refractivity contribution is 7.99. The van der Waals surface area contributed by atoms with E-state index >= 15 is 0 Å². The van der Waals surface area contributed by atoms with Gasteiger partial charge in [0, 0.05) is 15.7 Å². The summed E-state index contributed by atoms with van der Waals surface area (Å²) in [5, 5.41) is 11.8. The highest BCUT2D eigenvalue weighted by atomic mass is 35.5. The predicted molar refractivity (Wildman–Crippen MR) is 52.5 cm³/mol. The quantitative estimate of drug-likeness (QED) is 0.353. The molecule has 4 heteroatoms. The summed E-state index contributed by atoms with van der Waals surface area (Å²) in [5.74, 6) is 0.665. The number of oxime groups is 1. The van der Waals surface area contributed by atoms with Crippen molar-refractivity contribution in [3.05, 3.63) is 29.3 Å². The smallest absolute Gasteiger partial charge is 0.0538 e. The van der Waals surface area contributed by atoms with E-state index in [-0.39, 0.29) is 0 Å². The molecular formula is C8H8ClNOS. The highest BCUT2D eigenvalue weighted by Gasteiger charge is 1.91. The van der Waals surface area contributed by atoms with E-state index in [2.05, 4.69) is 5.16 Å². The molecule has 0 aliphatic heterocycles. The molecule has 1 aromatic rings. The second kappa shape index (κ2) is 5.06. The van der Waals surface area contributed by atoms with Crippen LogP contribution in [0.4, 0.5) is 0 Å². The molecule has 0 amide bonds. The summed E-state index contributed by atoms with van der Waals surface area (Å²) in [7, 11) is 0. The maximum absolute atomic E-state index is 8.12. The van der Waals surface area contributed by atoms with Gasteiger partial charge >= 0.3 is 0 Å². The second-order valence-corrected chi connectivity index (χ2v) is 3.59. The molecule has 0 atom stereocenters. The maximum Gasteiger partial charge on any atom is 0.0538 e. The lowest BCUT2D eigenvalue weighted by Gasteiger charge is -1.96. The van der Waals surface area contributed by atoms with Crippen LogP contribution in [-0.4, -0.2) is 17.2 Å². The molecule has 0 saturated carbocycles. The van der Waals surface area contributed by atoms with Crippen LogP contribution in [0.2, 0.25) is 5.02 Å². The van der Waals surface area contributed by atoms with Gasteiger partial charge in [-0.2, -0.15) is 0 Å². The molecule has 64 valence electrons. The Kier molecular flexibility index (Phi) is 3.97. The third-order valence-electron chi connectivity index (χ3n) is 1.22. The van der Waals surface area contributed by atoms with Gasteiger partial charge in [0.05, 0.1) is 6.21 Å². The second-order valence-electron chi connectivity index (χ2n) is 2.06. The molecule has 0 heterocycles. The number of nitrogens with zero attached hydrogens (tertiary/aromatic N) is 1. The third kappa shape index (κ3) is 3.15. The van der Waals surface area contributed by atoms with Crippen molar-refractivity contribution in [2.75, 3.05) is 5.75 Å². The zero-order valence-corrected chi connectivity index (χ0v) is 7.85. The van der Waals surface area contributed by atoms with Crippen molar-refractivity contribution >= 4 is 29.6 Å². The molecule has 0 aliphatic rings. The average Bonchev–Trinajstić information content (AvgIpc) is 2.09. The van der Waals surface area contributed by atoms with Gasteiger partial charge in [-0.05, 0) is 24.3 Å². The van der Waals surface area contributed by atoms with Gasteiger partial charge in [-0.25, -0.2) is 0 Å². The average molecular weight is 202 g/mol. The van der Waals surface area contributed by atoms with Crippen molar-refractivity contribution in [3.8, 4) is 0 Å². The summed E-state index contributed by atoms with van der Waals surface area (Å²) in [4.78, 5) is 1.11. The molecule has 1 N–H and O–H groups in total. The van der Waals surface area contributed by atoms with Gasteiger partial charge < -0.3 is 5.21 Å². The first kappa shape index (κ1) is 9.42. The fourth-order valence-corrected chi connectivity index (χ4v) is 1.49. The Morgan fingerprint density at radius 1 is 1.42 bits per heavy atom. The normalized spacial score (nSPS) is 10.8. The van der Waals surface area contributed by atoms with Crippen LogP contribution in [0.3, 0.4) is 0 Å². The Balaban J connectivity index is 2.47. The molecule has 0 fully saturated rings. The molecular weight excluding hydrogens is 194 g/mol. The van der Waals surface area contributed by atoms with E-state index < -0.39 is 0 Å². The van der Waals surface area contributed by atoms with Gasteiger partial charge in [0.25, 0.3) is 0 Å². The minimum atomic E-state index is 0.665. The van der Waals surface area contributed by atoms with Crippen molar-refractivity contribution in [3.63, 3.8) is 0 Å². The first-order valence-corrected chi connectivity index (χ1v) is 4.73. The number of thioether (sulfide) groups is 1. The first-order chi connectivity index (χ1) is 5.83. The van der Waals surface area contributed by atoms with Crippen LogP contribution >= 0.6 is 23.4 Å². The van der Waals surface area contributed by atoms with Crippen molar-refractivity contribution in [2.45, 2.75) is 4.90 Å². The molecule has 1 aromatic carbocycles.